The van der Waals surface area contributed by atoms with Crippen LogP contribution in [0.1, 0.15) is 12.8 Å². The molecule has 0 saturated carbocycles. The fourth-order valence-corrected chi connectivity index (χ4v) is 3.19. The van der Waals surface area contributed by atoms with Gasteiger partial charge in [-0.25, -0.2) is 15.0 Å². The lowest BCUT2D eigenvalue weighted by atomic mass is 10.2. The van der Waals surface area contributed by atoms with Crippen molar-refractivity contribution >= 4 is 17.3 Å². The molecule has 138 valence electrons. The molecule has 1 fully saturated rings. The lowest BCUT2D eigenvalue weighted by Gasteiger charge is -2.25. The van der Waals surface area contributed by atoms with Crippen LogP contribution in [0.2, 0.25) is 0 Å². The third-order valence-electron chi connectivity index (χ3n) is 4.51. The zero-order chi connectivity index (χ0) is 18.5. The number of aromatic nitrogens is 3. The predicted octanol–water partition coefficient (Wildman–Crippen LogP) is 3.37. The van der Waals surface area contributed by atoms with Crippen LogP contribution >= 0.6 is 0 Å². The van der Waals surface area contributed by atoms with Gasteiger partial charge in [0.15, 0.2) is 5.82 Å². The van der Waals surface area contributed by atoms with E-state index in [2.05, 4.69) is 25.2 Å². The van der Waals surface area contributed by atoms with E-state index in [-0.39, 0.29) is 12.6 Å². The minimum Gasteiger partial charge on any atom is -0.436 e. The van der Waals surface area contributed by atoms with Gasteiger partial charge in [0.2, 0.25) is 0 Å². The van der Waals surface area contributed by atoms with Crippen LogP contribution < -0.4 is 15.0 Å². The molecule has 2 N–H and O–H groups in total. The molecule has 0 radical (unpaired) electrons. The van der Waals surface area contributed by atoms with E-state index in [1.54, 1.807) is 18.6 Å². The zero-order valence-electron chi connectivity index (χ0n) is 14.8. The average molecular weight is 363 g/mol. The van der Waals surface area contributed by atoms with Crippen LogP contribution in [0.5, 0.6) is 11.6 Å². The molecule has 2 aromatic heterocycles. The second-order valence-electron chi connectivity index (χ2n) is 6.32. The highest BCUT2D eigenvalue weighted by Gasteiger charge is 2.28. The van der Waals surface area contributed by atoms with E-state index >= 15 is 0 Å². The van der Waals surface area contributed by atoms with Crippen LogP contribution in [-0.4, -0.2) is 39.3 Å². The molecule has 27 heavy (non-hydrogen) atoms. The molecule has 4 rings (SSSR count). The maximum atomic E-state index is 9.59. The van der Waals surface area contributed by atoms with E-state index in [0.29, 0.717) is 17.4 Å². The number of anilines is 3. The molecule has 0 unspecified atom stereocenters. The number of ether oxygens (including phenoxy) is 1. The molecule has 3 aromatic rings. The topological polar surface area (TPSA) is 83.4 Å². The van der Waals surface area contributed by atoms with Crippen molar-refractivity contribution in [3.05, 3.63) is 61.1 Å². The van der Waals surface area contributed by atoms with Crippen LogP contribution in [0.15, 0.2) is 61.1 Å². The Hall–Kier alpha value is -3.19. The second kappa shape index (κ2) is 8.01. The first-order chi connectivity index (χ1) is 13.3. The highest BCUT2D eigenvalue weighted by molar-refractivity contribution is 5.57. The summed E-state index contributed by atoms with van der Waals surface area (Å²) < 4.78 is 5.98. The number of nitrogens with one attached hydrogen (secondary N) is 1. The minimum absolute atomic E-state index is 0.0639. The largest absolute Gasteiger partial charge is 0.436 e. The van der Waals surface area contributed by atoms with E-state index in [1.165, 1.54) is 0 Å². The molecule has 7 heteroatoms. The van der Waals surface area contributed by atoms with Crippen LogP contribution in [0.3, 0.4) is 0 Å². The highest BCUT2D eigenvalue weighted by Crippen LogP contribution is 2.33. The van der Waals surface area contributed by atoms with Crippen molar-refractivity contribution in [2.45, 2.75) is 18.9 Å². The van der Waals surface area contributed by atoms with Crippen molar-refractivity contribution in [3.8, 4) is 11.6 Å². The Labute approximate surface area is 157 Å². The molecule has 7 nitrogen and oxygen atoms in total. The quantitative estimate of drug-likeness (QED) is 0.695. The summed E-state index contributed by atoms with van der Waals surface area (Å²) in [5, 5.41) is 12.8. The maximum Gasteiger partial charge on any atom is 0.263 e. The normalized spacial score (nSPS) is 16.3. The van der Waals surface area contributed by atoms with Crippen molar-refractivity contribution in [2.24, 2.45) is 0 Å². The molecule has 1 aliphatic heterocycles. The number of nitrogens with zero attached hydrogens (tertiary/aromatic N) is 4. The smallest absolute Gasteiger partial charge is 0.263 e. The Bertz CT molecular complexity index is 873. The fourth-order valence-electron chi connectivity index (χ4n) is 3.19. The molecule has 1 saturated heterocycles. The standard InChI is InChI=1S/C20H21N5O2/c26-14-16-4-3-13-25(16)19-20(23-12-11-22-19)27-17-8-6-15(7-9-17)24-18-5-1-2-10-21-18/h1-2,5-12,16,26H,3-4,13-14H2,(H,21,24)/t16-/m1/s1. The number of hydrogen-bond donors (Lipinski definition) is 2. The molecular weight excluding hydrogens is 342 g/mol. The van der Waals surface area contributed by atoms with E-state index in [1.807, 2.05) is 42.5 Å². The Morgan fingerprint density at radius 1 is 1.04 bits per heavy atom. The lowest BCUT2D eigenvalue weighted by molar-refractivity contribution is 0.265. The van der Waals surface area contributed by atoms with Gasteiger partial charge in [0.1, 0.15) is 11.6 Å². The number of rotatable bonds is 6. The third-order valence-corrected chi connectivity index (χ3v) is 4.51. The Balaban J connectivity index is 1.50. The maximum absolute atomic E-state index is 9.59. The van der Waals surface area contributed by atoms with Gasteiger partial charge in [-0.05, 0) is 49.2 Å². The van der Waals surface area contributed by atoms with Gasteiger partial charge in [-0.2, -0.15) is 0 Å². The lowest BCUT2D eigenvalue weighted by Crippen LogP contribution is -2.33. The fraction of sp³-hybridized carbons (Fsp3) is 0.250. The number of aliphatic hydroxyl groups excluding tert-OH is 1. The Morgan fingerprint density at radius 3 is 2.67 bits per heavy atom. The second-order valence-corrected chi connectivity index (χ2v) is 6.32. The summed E-state index contributed by atoms with van der Waals surface area (Å²) in [6.07, 6.45) is 6.97. The van der Waals surface area contributed by atoms with Crippen molar-refractivity contribution in [3.63, 3.8) is 0 Å². The first-order valence-corrected chi connectivity index (χ1v) is 8.98. The van der Waals surface area contributed by atoms with E-state index in [0.717, 1.165) is 30.9 Å². The first-order valence-electron chi connectivity index (χ1n) is 8.98. The molecule has 1 aromatic carbocycles. The van der Waals surface area contributed by atoms with Crippen molar-refractivity contribution in [1.82, 2.24) is 15.0 Å². The van der Waals surface area contributed by atoms with Gasteiger partial charge < -0.3 is 20.1 Å². The molecule has 0 aliphatic carbocycles. The summed E-state index contributed by atoms with van der Waals surface area (Å²) in [6.45, 7) is 0.942. The van der Waals surface area contributed by atoms with Gasteiger partial charge in [0, 0.05) is 30.8 Å². The summed E-state index contributed by atoms with van der Waals surface area (Å²) in [5.41, 5.74) is 0.917. The van der Waals surface area contributed by atoms with E-state index in [4.69, 9.17) is 4.74 Å². The predicted molar refractivity (Wildman–Crippen MR) is 104 cm³/mol. The summed E-state index contributed by atoms with van der Waals surface area (Å²) in [7, 11) is 0. The van der Waals surface area contributed by atoms with Crippen molar-refractivity contribution in [1.29, 1.82) is 0 Å². The first kappa shape index (κ1) is 17.2. The van der Waals surface area contributed by atoms with Crippen molar-refractivity contribution < 1.29 is 9.84 Å². The Kier molecular flexibility index (Phi) is 5.11. The van der Waals surface area contributed by atoms with Crippen LogP contribution in [0.25, 0.3) is 0 Å². The molecular formula is C20H21N5O2. The van der Waals surface area contributed by atoms with Gasteiger partial charge in [-0.15, -0.1) is 0 Å². The number of aliphatic hydroxyl groups is 1. The molecule has 0 amide bonds. The van der Waals surface area contributed by atoms with Gasteiger partial charge >= 0.3 is 0 Å². The number of pyridine rings is 1. The van der Waals surface area contributed by atoms with Gasteiger partial charge in [-0.1, -0.05) is 6.07 Å². The zero-order valence-corrected chi connectivity index (χ0v) is 14.8. The monoisotopic (exact) mass is 363 g/mol. The summed E-state index contributed by atoms with van der Waals surface area (Å²) in [5.74, 6) is 2.57. The summed E-state index contributed by atoms with van der Waals surface area (Å²) in [4.78, 5) is 15.1. The third kappa shape index (κ3) is 3.98. The average Bonchev–Trinajstić information content (AvgIpc) is 3.19. The summed E-state index contributed by atoms with van der Waals surface area (Å²) in [6, 6.07) is 13.4. The van der Waals surface area contributed by atoms with E-state index in [9.17, 15) is 5.11 Å². The highest BCUT2D eigenvalue weighted by atomic mass is 16.5. The Morgan fingerprint density at radius 2 is 1.89 bits per heavy atom. The van der Waals surface area contributed by atoms with Gasteiger partial charge in [0.25, 0.3) is 5.88 Å². The molecule has 0 bridgehead atoms. The molecule has 3 heterocycles. The molecule has 0 spiro atoms. The van der Waals surface area contributed by atoms with Crippen LogP contribution in [-0.2, 0) is 0 Å². The van der Waals surface area contributed by atoms with Gasteiger partial charge in [0.05, 0.1) is 12.6 Å². The molecule has 1 aliphatic rings. The van der Waals surface area contributed by atoms with Crippen LogP contribution in [0.4, 0.5) is 17.3 Å². The van der Waals surface area contributed by atoms with Crippen LogP contribution in [0, 0.1) is 0 Å². The van der Waals surface area contributed by atoms with E-state index < -0.39 is 0 Å². The molecule has 1 atom stereocenters. The van der Waals surface area contributed by atoms with Crippen molar-refractivity contribution in [2.75, 3.05) is 23.4 Å². The number of hydrogen-bond acceptors (Lipinski definition) is 7. The number of benzene rings is 1. The SMILES string of the molecule is OC[C@H]1CCCN1c1nccnc1Oc1ccc(Nc2ccccn2)cc1. The summed E-state index contributed by atoms with van der Waals surface area (Å²) >= 11 is 0. The minimum atomic E-state index is 0.0639. The van der Waals surface area contributed by atoms with Gasteiger partial charge in [-0.3, -0.25) is 0 Å².